The van der Waals surface area contributed by atoms with Crippen molar-refractivity contribution in [3.05, 3.63) is 24.3 Å². The van der Waals surface area contributed by atoms with Gasteiger partial charge in [0.15, 0.2) is 0 Å². The second kappa shape index (κ2) is 6.05. The molecule has 0 spiro atoms. The van der Waals surface area contributed by atoms with Crippen molar-refractivity contribution in [1.82, 2.24) is 0 Å². The molecule has 0 aliphatic rings. The van der Waals surface area contributed by atoms with E-state index in [1.807, 2.05) is 0 Å². The molecule has 3 nitrogen and oxygen atoms in total. The fourth-order valence-corrected chi connectivity index (χ4v) is 4.40. The van der Waals surface area contributed by atoms with Crippen LogP contribution in [-0.4, -0.2) is 13.0 Å². The molecule has 0 aliphatic carbocycles. The Bertz CT molecular complexity index is 369. The number of rotatable bonds is 2. The third-order valence-electron chi connectivity index (χ3n) is 1.38. The van der Waals surface area contributed by atoms with E-state index in [0.29, 0.717) is 0 Å². The zero-order chi connectivity index (χ0) is 9.19. The van der Waals surface area contributed by atoms with Gasteiger partial charge in [-0.1, -0.05) is 0 Å². The number of halogens is 1. The third kappa shape index (κ3) is 4.60. The molecule has 7 heteroatoms. The molecule has 13 heavy (non-hydrogen) atoms. The van der Waals surface area contributed by atoms with E-state index in [0.717, 1.165) is 3.07 Å². The second-order valence-electron chi connectivity index (χ2n) is 2.25. The number of hydrogen-bond acceptors (Lipinski definition) is 2. The Hall–Kier alpha value is 1.36. The molecule has 0 radical (unpaired) electrons. The summed E-state index contributed by atoms with van der Waals surface area (Å²) < 4.78 is 30.8. The third-order valence-corrected chi connectivity index (χ3v) is 7.98. The van der Waals surface area contributed by atoms with Crippen molar-refractivity contribution in [3.63, 3.8) is 0 Å². The molecule has 0 bridgehead atoms. The predicted octanol–water partition coefficient (Wildman–Crippen LogP) is -2.09. The minimum Gasteiger partial charge on any atom is -1.00 e. The van der Waals surface area contributed by atoms with Gasteiger partial charge in [0.25, 0.3) is 0 Å². The molecule has 1 aromatic carbocycles. The van der Waals surface area contributed by atoms with Crippen molar-refractivity contribution >= 4 is 21.4 Å². The average Bonchev–Trinajstić information content (AvgIpc) is 2.03. The van der Waals surface area contributed by atoms with E-state index in [1.165, 1.54) is 12.1 Å². The van der Waals surface area contributed by atoms with Crippen LogP contribution in [0.15, 0.2) is 29.2 Å². The maximum Gasteiger partial charge on any atom is 1.00 e. The summed E-state index contributed by atoms with van der Waals surface area (Å²) in [5.74, 6) is 0. The predicted molar refractivity (Wildman–Crippen MR) is 42.9 cm³/mol. The molecule has 0 saturated carbocycles. The molecule has 64 valence electrons. The molecule has 0 amide bonds. The molecule has 1 rings (SSSR count). The van der Waals surface area contributed by atoms with E-state index >= 15 is 0 Å². The van der Waals surface area contributed by atoms with Crippen LogP contribution in [0.25, 0.3) is 0 Å². The Morgan fingerprint density at radius 3 is 2.08 bits per heavy atom. The monoisotopic (exact) mass is 418 g/mol. The molecule has 0 aromatic heterocycles. The molecule has 0 saturated heterocycles. The van der Waals surface area contributed by atoms with Crippen LogP contribution in [0.4, 0.5) is 0 Å². The minimum absolute atomic E-state index is 0. The van der Waals surface area contributed by atoms with Gasteiger partial charge in [-0.15, -0.1) is 0 Å². The van der Waals surface area contributed by atoms with Crippen LogP contribution in [0.2, 0.25) is 0 Å². The van der Waals surface area contributed by atoms with Crippen LogP contribution >= 0.6 is 8.25 Å². The van der Waals surface area contributed by atoms with Crippen LogP contribution in [0.5, 0.6) is 0 Å². The molecular weight excluding hydrogens is 411 g/mol. The Morgan fingerprint density at radius 1 is 1.31 bits per heavy atom. The maximum atomic E-state index is 10.6. The van der Waals surface area contributed by atoms with Gasteiger partial charge in [-0.05, 0) is 0 Å². The van der Waals surface area contributed by atoms with Gasteiger partial charge in [-0.3, -0.25) is 0 Å². The standard InChI is InChI=1S/C6H5O3S.ClH.Hg.Na.H/c7-10(8,9)6-4-2-1-3-5-6;;;;/h2-5H,(H,7,8,9);1H;;;/q;;2*+1;-1/p-1. The van der Waals surface area contributed by atoms with E-state index in [2.05, 4.69) is 0 Å². The molecule has 1 N–H and O–H groups in total. The van der Waals surface area contributed by atoms with Crippen molar-refractivity contribution in [2.24, 2.45) is 0 Å². The van der Waals surface area contributed by atoms with Crippen LogP contribution in [0, 0.1) is 0 Å². The van der Waals surface area contributed by atoms with Crippen molar-refractivity contribution < 1.29 is 67.3 Å². The Kier molecular flexibility index (Phi) is 6.68. The number of hydrogen-bond donors (Lipinski definition) is 1. The topological polar surface area (TPSA) is 54.4 Å². The summed E-state index contributed by atoms with van der Waals surface area (Å²) in [4.78, 5) is -0.0789. The summed E-state index contributed by atoms with van der Waals surface area (Å²) in [5.41, 5.74) is 0. The van der Waals surface area contributed by atoms with Crippen LogP contribution in [-0.2, 0) is 33.5 Å². The van der Waals surface area contributed by atoms with Gasteiger partial charge < -0.3 is 1.43 Å². The average molecular weight is 417 g/mol. The minimum atomic E-state index is -4.05. The molecule has 0 fully saturated rings. The van der Waals surface area contributed by atoms with Crippen LogP contribution in [0.3, 0.4) is 0 Å². The van der Waals surface area contributed by atoms with Gasteiger partial charge in [-0.25, -0.2) is 0 Å². The summed E-state index contributed by atoms with van der Waals surface area (Å²) in [6, 6.07) is 6.04. The normalized spacial score (nSPS) is 10.0. The van der Waals surface area contributed by atoms with Crippen LogP contribution < -0.4 is 32.6 Å². The molecular formula is C6H6ClHgNaO3S. The van der Waals surface area contributed by atoms with Gasteiger partial charge in [0, 0.05) is 0 Å². The van der Waals surface area contributed by atoms with Crippen molar-refractivity contribution in [3.8, 4) is 0 Å². The quantitative estimate of drug-likeness (QED) is 0.444. The first-order valence-electron chi connectivity index (χ1n) is 3.16. The first-order valence-corrected chi connectivity index (χ1v) is 14.1. The summed E-state index contributed by atoms with van der Waals surface area (Å²) >= 11 is -1.43. The SMILES string of the molecule is O=S(=O)(O)c1cc[c]([Hg][Cl])cc1.[H-].[Na+]. The van der Waals surface area contributed by atoms with E-state index < -0.39 is 33.5 Å². The van der Waals surface area contributed by atoms with Gasteiger partial charge in [-0.2, -0.15) is 0 Å². The van der Waals surface area contributed by atoms with Crippen molar-refractivity contribution in [2.75, 3.05) is 0 Å². The van der Waals surface area contributed by atoms with Gasteiger partial charge in [0.05, 0.1) is 0 Å². The van der Waals surface area contributed by atoms with Crippen molar-refractivity contribution in [2.45, 2.75) is 4.90 Å². The van der Waals surface area contributed by atoms with Crippen LogP contribution in [0.1, 0.15) is 1.43 Å². The van der Waals surface area contributed by atoms with Crippen molar-refractivity contribution in [1.29, 1.82) is 0 Å². The van der Waals surface area contributed by atoms with Gasteiger partial charge >= 0.3 is 116 Å². The Balaban J connectivity index is 0. The van der Waals surface area contributed by atoms with Gasteiger partial charge in [0.2, 0.25) is 0 Å². The number of benzene rings is 1. The molecule has 0 unspecified atom stereocenters. The zero-order valence-corrected chi connectivity index (χ0v) is 16.1. The second-order valence-corrected chi connectivity index (χ2v) is 10.2. The zero-order valence-electron chi connectivity index (χ0n) is 8.07. The Morgan fingerprint density at radius 2 is 1.77 bits per heavy atom. The molecule has 0 atom stereocenters. The summed E-state index contributed by atoms with van der Waals surface area (Å²) in [6.45, 7) is 0. The fourth-order valence-electron chi connectivity index (χ4n) is 0.751. The van der Waals surface area contributed by atoms with Gasteiger partial charge in [0.1, 0.15) is 0 Å². The molecule has 1 aromatic rings. The smallest absolute Gasteiger partial charge is 1.00 e. The first kappa shape index (κ1) is 14.4. The summed E-state index contributed by atoms with van der Waals surface area (Å²) in [7, 11) is 1.66. The fraction of sp³-hybridized carbons (Fsp3) is 0. The van der Waals surface area contributed by atoms with E-state index in [-0.39, 0.29) is 35.9 Å². The Labute approximate surface area is 116 Å². The van der Waals surface area contributed by atoms with E-state index in [9.17, 15) is 8.42 Å². The molecule has 0 aliphatic heterocycles. The molecule has 0 heterocycles. The van der Waals surface area contributed by atoms with E-state index in [4.69, 9.17) is 12.8 Å². The first-order chi connectivity index (χ1) is 5.54. The largest absolute Gasteiger partial charge is 1.00 e. The summed E-state index contributed by atoms with van der Waals surface area (Å²) in [5, 5.41) is 0. The van der Waals surface area contributed by atoms with E-state index in [1.54, 1.807) is 12.1 Å². The maximum absolute atomic E-state index is 10.6. The summed E-state index contributed by atoms with van der Waals surface area (Å²) in [6.07, 6.45) is 0.